The molecule has 0 aliphatic carbocycles. The van der Waals surface area contributed by atoms with Crippen molar-refractivity contribution in [3.05, 3.63) is 47.7 Å². The van der Waals surface area contributed by atoms with Crippen molar-refractivity contribution in [2.45, 2.75) is 6.54 Å². The first-order valence-corrected chi connectivity index (χ1v) is 5.81. The van der Waals surface area contributed by atoms with Gasteiger partial charge in [-0.05, 0) is 12.1 Å². The second-order valence-corrected chi connectivity index (χ2v) is 4.23. The molecular weight excluding hydrogens is 262 g/mol. The van der Waals surface area contributed by atoms with Gasteiger partial charge in [0.2, 0.25) is 0 Å². The van der Waals surface area contributed by atoms with Crippen molar-refractivity contribution in [3.8, 4) is 0 Å². The lowest BCUT2D eigenvalue weighted by Gasteiger charge is -2.14. The maximum atomic E-state index is 12.3. The van der Waals surface area contributed by atoms with Gasteiger partial charge in [0.15, 0.2) is 0 Å². The summed E-state index contributed by atoms with van der Waals surface area (Å²) in [5, 5.41) is 12.6. The van der Waals surface area contributed by atoms with Gasteiger partial charge in [-0.15, -0.1) is 0 Å². The maximum Gasteiger partial charge on any atom is 0.325 e. The second-order valence-electron chi connectivity index (χ2n) is 4.23. The van der Waals surface area contributed by atoms with E-state index in [2.05, 4.69) is 5.10 Å². The fourth-order valence-electron chi connectivity index (χ4n) is 2.16. The number of nitrogens with zero attached hydrogens (tertiary/aromatic N) is 3. The highest BCUT2D eigenvalue weighted by atomic mass is 16.4. The lowest BCUT2D eigenvalue weighted by atomic mass is 10.1. The van der Waals surface area contributed by atoms with E-state index >= 15 is 0 Å². The van der Waals surface area contributed by atoms with Crippen LogP contribution in [-0.2, 0) is 11.3 Å². The molecule has 0 spiro atoms. The first-order valence-electron chi connectivity index (χ1n) is 5.81. The van der Waals surface area contributed by atoms with E-state index in [4.69, 9.17) is 5.11 Å². The Morgan fingerprint density at radius 3 is 2.25 bits per heavy atom. The number of anilines is 1. The summed E-state index contributed by atoms with van der Waals surface area (Å²) < 4.78 is 1.10. The molecule has 2 heterocycles. The van der Waals surface area contributed by atoms with Gasteiger partial charge in [0.05, 0.1) is 17.3 Å². The Morgan fingerprint density at radius 1 is 1.10 bits per heavy atom. The van der Waals surface area contributed by atoms with Gasteiger partial charge >= 0.3 is 5.97 Å². The average Bonchev–Trinajstić information content (AvgIpc) is 2.94. The summed E-state index contributed by atoms with van der Waals surface area (Å²) in [7, 11) is 0. The van der Waals surface area contributed by atoms with Crippen molar-refractivity contribution < 1.29 is 19.5 Å². The first-order chi connectivity index (χ1) is 9.59. The number of carbonyl (C=O) groups is 3. The van der Waals surface area contributed by atoms with Crippen LogP contribution in [0.4, 0.5) is 5.82 Å². The number of aromatic nitrogens is 2. The van der Waals surface area contributed by atoms with E-state index in [1.165, 1.54) is 12.3 Å². The van der Waals surface area contributed by atoms with Crippen molar-refractivity contribution in [3.63, 3.8) is 0 Å². The quantitative estimate of drug-likeness (QED) is 0.832. The van der Waals surface area contributed by atoms with E-state index in [0.29, 0.717) is 11.1 Å². The molecule has 2 aromatic rings. The first kappa shape index (κ1) is 12.1. The third kappa shape index (κ3) is 1.68. The fourth-order valence-corrected chi connectivity index (χ4v) is 2.16. The molecule has 2 amide bonds. The van der Waals surface area contributed by atoms with Crippen molar-refractivity contribution in [2.24, 2.45) is 0 Å². The molecule has 1 aromatic heterocycles. The minimum Gasteiger partial charge on any atom is -0.480 e. The highest BCUT2D eigenvalue weighted by Gasteiger charge is 2.38. The highest BCUT2D eigenvalue weighted by molar-refractivity contribution is 6.34. The van der Waals surface area contributed by atoms with Gasteiger partial charge in [-0.25, -0.2) is 9.58 Å². The number of hydrogen-bond donors (Lipinski definition) is 1. The SMILES string of the molecule is O=C(O)Cn1nccc1N1C(=O)c2ccccc2C1=O. The largest absolute Gasteiger partial charge is 0.480 e. The molecule has 1 aromatic carbocycles. The lowest BCUT2D eigenvalue weighted by Crippen LogP contribution is -2.32. The predicted molar refractivity (Wildman–Crippen MR) is 67.4 cm³/mol. The number of carboxylic acids is 1. The summed E-state index contributed by atoms with van der Waals surface area (Å²) in [6, 6.07) is 7.90. The molecule has 0 fully saturated rings. The molecule has 0 bridgehead atoms. The van der Waals surface area contributed by atoms with E-state index in [9.17, 15) is 14.4 Å². The smallest absolute Gasteiger partial charge is 0.325 e. The van der Waals surface area contributed by atoms with Crippen molar-refractivity contribution in [1.29, 1.82) is 0 Å². The van der Waals surface area contributed by atoms with Crippen LogP contribution in [0, 0.1) is 0 Å². The van der Waals surface area contributed by atoms with E-state index in [-0.39, 0.29) is 5.82 Å². The molecule has 1 aliphatic heterocycles. The Balaban J connectivity index is 2.05. The van der Waals surface area contributed by atoms with Crippen LogP contribution >= 0.6 is 0 Å². The highest BCUT2D eigenvalue weighted by Crippen LogP contribution is 2.27. The van der Waals surface area contributed by atoms with Crippen molar-refractivity contribution in [2.75, 3.05) is 4.90 Å². The lowest BCUT2D eigenvalue weighted by molar-refractivity contribution is -0.137. The number of rotatable bonds is 3. The molecule has 0 saturated heterocycles. The minimum atomic E-state index is -1.11. The number of aliphatic carboxylic acids is 1. The molecule has 20 heavy (non-hydrogen) atoms. The third-order valence-electron chi connectivity index (χ3n) is 3.00. The van der Waals surface area contributed by atoms with E-state index in [1.807, 2.05) is 0 Å². The van der Waals surface area contributed by atoms with Crippen LogP contribution in [0.15, 0.2) is 36.5 Å². The molecule has 3 rings (SSSR count). The molecule has 0 unspecified atom stereocenters. The molecule has 0 atom stereocenters. The Hall–Kier alpha value is -2.96. The van der Waals surface area contributed by atoms with Crippen molar-refractivity contribution in [1.82, 2.24) is 9.78 Å². The van der Waals surface area contributed by atoms with E-state index < -0.39 is 24.3 Å². The van der Waals surface area contributed by atoms with Crippen LogP contribution in [0.3, 0.4) is 0 Å². The Labute approximate surface area is 113 Å². The predicted octanol–water partition coefficient (Wildman–Crippen LogP) is 0.768. The fraction of sp³-hybridized carbons (Fsp3) is 0.0769. The summed E-state index contributed by atoms with van der Waals surface area (Å²) >= 11 is 0. The van der Waals surface area contributed by atoms with Crippen LogP contribution in [0.5, 0.6) is 0 Å². The topological polar surface area (TPSA) is 92.5 Å². The Bertz CT molecular complexity index is 700. The zero-order chi connectivity index (χ0) is 14.3. The molecule has 100 valence electrons. The summed E-state index contributed by atoms with van der Waals surface area (Å²) in [5.41, 5.74) is 0.612. The van der Waals surface area contributed by atoms with Crippen LogP contribution in [-0.4, -0.2) is 32.7 Å². The molecule has 1 aliphatic rings. The van der Waals surface area contributed by atoms with Gasteiger partial charge in [-0.3, -0.25) is 14.4 Å². The summed E-state index contributed by atoms with van der Waals surface area (Å²) in [4.78, 5) is 36.2. The van der Waals surface area contributed by atoms with E-state index in [0.717, 1.165) is 9.58 Å². The number of benzene rings is 1. The van der Waals surface area contributed by atoms with Gasteiger partial charge in [-0.1, -0.05) is 12.1 Å². The van der Waals surface area contributed by atoms with Gasteiger partial charge in [0.1, 0.15) is 12.4 Å². The summed E-state index contributed by atoms with van der Waals surface area (Å²) in [5.74, 6) is -1.90. The average molecular weight is 271 g/mol. The maximum absolute atomic E-state index is 12.3. The minimum absolute atomic E-state index is 0.151. The van der Waals surface area contributed by atoms with Crippen LogP contribution in [0.25, 0.3) is 0 Å². The molecule has 0 saturated carbocycles. The molecule has 0 radical (unpaired) electrons. The number of amides is 2. The van der Waals surface area contributed by atoms with Gasteiger partial charge in [-0.2, -0.15) is 5.10 Å². The van der Waals surface area contributed by atoms with Crippen LogP contribution < -0.4 is 4.90 Å². The molecular formula is C13H9N3O4. The summed E-state index contributed by atoms with van der Waals surface area (Å²) in [6.45, 7) is -0.421. The zero-order valence-corrected chi connectivity index (χ0v) is 10.2. The molecule has 7 nitrogen and oxygen atoms in total. The normalized spacial score (nSPS) is 13.7. The monoisotopic (exact) mass is 271 g/mol. The third-order valence-corrected chi connectivity index (χ3v) is 3.00. The molecule has 1 N–H and O–H groups in total. The summed E-state index contributed by atoms with van der Waals surface area (Å²) in [6.07, 6.45) is 1.35. The number of hydrogen-bond acceptors (Lipinski definition) is 4. The Kier molecular flexibility index (Phi) is 2.60. The second kappa shape index (κ2) is 4.30. The number of imide groups is 1. The van der Waals surface area contributed by atoms with E-state index in [1.54, 1.807) is 24.3 Å². The van der Waals surface area contributed by atoms with Gasteiger partial charge in [0.25, 0.3) is 11.8 Å². The standard InChI is InChI=1S/C13H9N3O4/c17-11(18)7-15-10(5-6-14-15)16-12(19)8-3-1-2-4-9(8)13(16)20/h1-6H,7H2,(H,17,18). The van der Waals surface area contributed by atoms with Crippen LogP contribution in [0.2, 0.25) is 0 Å². The van der Waals surface area contributed by atoms with Gasteiger partial charge in [0, 0.05) is 6.07 Å². The number of carboxylic acid groups (broad SMARTS) is 1. The van der Waals surface area contributed by atoms with Gasteiger partial charge < -0.3 is 5.11 Å². The number of carbonyl (C=O) groups excluding carboxylic acids is 2. The zero-order valence-electron chi connectivity index (χ0n) is 10.2. The van der Waals surface area contributed by atoms with Crippen LogP contribution in [0.1, 0.15) is 20.7 Å². The van der Waals surface area contributed by atoms with Crippen molar-refractivity contribution >= 4 is 23.6 Å². The Morgan fingerprint density at radius 2 is 1.70 bits per heavy atom. The molecule has 7 heteroatoms. The number of fused-ring (bicyclic) bond motifs is 1.